The first kappa shape index (κ1) is 13.9. The van der Waals surface area contributed by atoms with E-state index in [4.69, 9.17) is 9.53 Å². The molecule has 1 aliphatic rings. The second-order valence-corrected chi connectivity index (χ2v) is 11.0. The molecule has 1 N–H and O–H groups in total. The van der Waals surface area contributed by atoms with Crippen LogP contribution in [0.3, 0.4) is 0 Å². The minimum Gasteiger partial charge on any atom is -0.413 e. The summed E-state index contributed by atoms with van der Waals surface area (Å²) < 4.78 is 6.39. The summed E-state index contributed by atoms with van der Waals surface area (Å²) in [6.45, 7) is 11.6. The van der Waals surface area contributed by atoms with E-state index >= 15 is 0 Å². The lowest BCUT2D eigenvalue weighted by molar-refractivity contribution is 0.132. The quantitative estimate of drug-likeness (QED) is 0.605. The Morgan fingerprint density at radius 3 is 2.50 bits per heavy atom. The Kier molecular flexibility index (Phi) is 4.38. The molecule has 1 aliphatic carbocycles. The van der Waals surface area contributed by atoms with Crippen molar-refractivity contribution in [2.45, 2.75) is 57.8 Å². The Morgan fingerprint density at radius 2 is 2.00 bits per heavy atom. The average Bonchev–Trinajstić information content (AvgIpc) is 2.51. The average molecular weight is 242 g/mol. The van der Waals surface area contributed by atoms with E-state index in [9.17, 15) is 0 Å². The van der Waals surface area contributed by atoms with Crippen molar-refractivity contribution in [3.63, 3.8) is 0 Å². The van der Waals surface area contributed by atoms with Crippen LogP contribution in [0.5, 0.6) is 0 Å². The van der Waals surface area contributed by atoms with Crippen LogP contribution >= 0.6 is 0 Å². The summed E-state index contributed by atoms with van der Waals surface area (Å²) in [4.78, 5) is 0. The molecule has 0 spiro atoms. The van der Waals surface area contributed by atoms with Crippen LogP contribution in [0.4, 0.5) is 0 Å². The highest BCUT2D eigenvalue weighted by Crippen LogP contribution is 2.39. The van der Waals surface area contributed by atoms with Crippen molar-refractivity contribution in [2.24, 2.45) is 5.92 Å². The summed E-state index contributed by atoms with van der Waals surface area (Å²) in [5.41, 5.74) is 0. The maximum atomic E-state index is 9.02. The van der Waals surface area contributed by atoms with Gasteiger partial charge in [0.2, 0.25) is 0 Å². The van der Waals surface area contributed by atoms with E-state index in [1.165, 1.54) is 0 Å². The minimum atomic E-state index is -1.66. The van der Waals surface area contributed by atoms with Crippen molar-refractivity contribution in [3.05, 3.63) is 12.2 Å². The third kappa shape index (κ3) is 3.19. The number of aliphatic hydroxyl groups is 1. The summed E-state index contributed by atoms with van der Waals surface area (Å²) in [5.74, 6) is 0.416. The molecule has 0 saturated heterocycles. The van der Waals surface area contributed by atoms with Gasteiger partial charge in [-0.25, -0.2) is 0 Å². The Labute approximate surface area is 101 Å². The lowest BCUT2D eigenvalue weighted by Gasteiger charge is -2.39. The molecule has 0 aliphatic heterocycles. The van der Waals surface area contributed by atoms with Gasteiger partial charge in [-0.05, 0) is 31.0 Å². The summed E-state index contributed by atoms with van der Waals surface area (Å²) in [6.07, 6.45) is 6.53. The molecular weight excluding hydrogens is 216 g/mol. The third-order valence-electron chi connectivity index (χ3n) is 3.94. The van der Waals surface area contributed by atoms with E-state index in [1.54, 1.807) is 0 Å². The molecular formula is C13H26O2Si. The molecule has 0 heterocycles. The van der Waals surface area contributed by atoms with Crippen molar-refractivity contribution < 1.29 is 9.53 Å². The standard InChI is InChI=1S/C13H26O2Si/c1-13(2,3)16(4,5)15-12-8-6-7-11(12)9-10-14/h6-7,11-12,14H,8-10H2,1-5H3/t11-,12-/m0/s1. The van der Waals surface area contributed by atoms with Crippen molar-refractivity contribution in [3.8, 4) is 0 Å². The van der Waals surface area contributed by atoms with Gasteiger partial charge in [0.25, 0.3) is 0 Å². The molecule has 1 rings (SSSR count). The molecule has 94 valence electrons. The number of aliphatic hydroxyl groups excluding tert-OH is 1. The van der Waals surface area contributed by atoms with Gasteiger partial charge in [-0.1, -0.05) is 32.9 Å². The summed E-state index contributed by atoms with van der Waals surface area (Å²) in [5, 5.41) is 9.29. The molecule has 0 radical (unpaired) electrons. The van der Waals surface area contributed by atoms with Crippen molar-refractivity contribution in [1.82, 2.24) is 0 Å². The normalized spacial score (nSPS) is 26.4. The van der Waals surface area contributed by atoms with Crippen LogP contribution in [0.25, 0.3) is 0 Å². The van der Waals surface area contributed by atoms with Gasteiger partial charge in [-0.15, -0.1) is 0 Å². The first-order valence-electron chi connectivity index (χ1n) is 6.23. The number of rotatable bonds is 4. The Hall–Kier alpha value is -0.123. The summed E-state index contributed by atoms with van der Waals surface area (Å²) >= 11 is 0. The topological polar surface area (TPSA) is 29.5 Å². The van der Waals surface area contributed by atoms with E-state index in [1.807, 2.05) is 0 Å². The van der Waals surface area contributed by atoms with E-state index in [0.717, 1.165) is 12.8 Å². The smallest absolute Gasteiger partial charge is 0.192 e. The molecule has 3 heteroatoms. The third-order valence-corrected chi connectivity index (χ3v) is 8.45. The zero-order valence-corrected chi connectivity index (χ0v) is 12.3. The van der Waals surface area contributed by atoms with E-state index in [-0.39, 0.29) is 11.6 Å². The second-order valence-electron chi connectivity index (χ2n) is 6.26. The van der Waals surface area contributed by atoms with Crippen molar-refractivity contribution in [1.29, 1.82) is 0 Å². The maximum absolute atomic E-state index is 9.02. The monoisotopic (exact) mass is 242 g/mol. The molecule has 0 aromatic heterocycles. The highest BCUT2D eigenvalue weighted by molar-refractivity contribution is 6.74. The van der Waals surface area contributed by atoms with Crippen LogP contribution in [0.2, 0.25) is 18.1 Å². The number of hydrogen-bond acceptors (Lipinski definition) is 2. The van der Waals surface area contributed by atoms with Crippen LogP contribution in [0.15, 0.2) is 12.2 Å². The molecule has 0 fully saturated rings. The molecule has 16 heavy (non-hydrogen) atoms. The van der Waals surface area contributed by atoms with E-state index in [0.29, 0.717) is 12.0 Å². The van der Waals surface area contributed by atoms with Gasteiger partial charge in [0.15, 0.2) is 8.32 Å². The lowest BCUT2D eigenvalue weighted by atomic mass is 10.0. The summed E-state index contributed by atoms with van der Waals surface area (Å²) in [6, 6.07) is 0. The first-order chi connectivity index (χ1) is 7.28. The Bertz CT molecular complexity index is 253. The predicted octanol–water partition coefficient (Wildman–Crippen LogP) is 3.34. The van der Waals surface area contributed by atoms with Gasteiger partial charge < -0.3 is 9.53 Å². The largest absolute Gasteiger partial charge is 0.413 e. The second kappa shape index (κ2) is 5.03. The molecule has 0 unspecified atom stereocenters. The molecule has 0 aromatic carbocycles. The Balaban J connectivity index is 2.60. The van der Waals surface area contributed by atoms with Crippen LogP contribution in [0, 0.1) is 5.92 Å². The highest BCUT2D eigenvalue weighted by atomic mass is 28.4. The predicted molar refractivity (Wildman–Crippen MR) is 71.0 cm³/mol. The Morgan fingerprint density at radius 1 is 1.38 bits per heavy atom. The fourth-order valence-electron chi connectivity index (χ4n) is 1.81. The van der Waals surface area contributed by atoms with Crippen LogP contribution in [0.1, 0.15) is 33.6 Å². The summed E-state index contributed by atoms with van der Waals surface area (Å²) in [7, 11) is -1.66. The molecule has 0 aromatic rings. The molecule has 0 bridgehead atoms. The van der Waals surface area contributed by atoms with Crippen LogP contribution < -0.4 is 0 Å². The SMILES string of the molecule is CC(C)(C)[Si](C)(C)O[C@H]1CC=C[C@H]1CCO. The zero-order valence-electron chi connectivity index (χ0n) is 11.3. The van der Waals surface area contributed by atoms with Gasteiger partial charge in [-0.3, -0.25) is 0 Å². The van der Waals surface area contributed by atoms with Gasteiger partial charge in [0, 0.05) is 12.5 Å². The van der Waals surface area contributed by atoms with Crippen molar-refractivity contribution >= 4 is 8.32 Å². The number of hydrogen-bond donors (Lipinski definition) is 1. The fraction of sp³-hybridized carbons (Fsp3) is 0.846. The fourth-order valence-corrected chi connectivity index (χ4v) is 3.19. The van der Waals surface area contributed by atoms with Crippen molar-refractivity contribution in [2.75, 3.05) is 6.61 Å². The lowest BCUT2D eigenvalue weighted by Crippen LogP contribution is -2.45. The van der Waals surface area contributed by atoms with E-state index < -0.39 is 8.32 Å². The van der Waals surface area contributed by atoms with Crippen LogP contribution in [-0.2, 0) is 4.43 Å². The minimum absolute atomic E-state index is 0.256. The first-order valence-corrected chi connectivity index (χ1v) is 9.14. The van der Waals surface area contributed by atoms with Gasteiger partial charge in [0.1, 0.15) is 0 Å². The molecule has 2 nitrogen and oxygen atoms in total. The highest BCUT2D eigenvalue weighted by Gasteiger charge is 2.40. The van der Waals surface area contributed by atoms with Gasteiger partial charge in [-0.2, -0.15) is 0 Å². The maximum Gasteiger partial charge on any atom is 0.192 e. The molecule has 2 atom stereocenters. The molecule has 0 amide bonds. The molecule has 0 saturated carbocycles. The van der Waals surface area contributed by atoms with Gasteiger partial charge >= 0.3 is 0 Å². The zero-order chi connectivity index (χ0) is 12.4. The van der Waals surface area contributed by atoms with E-state index in [2.05, 4.69) is 46.0 Å². The van der Waals surface area contributed by atoms with Gasteiger partial charge in [0.05, 0.1) is 6.10 Å². The van der Waals surface area contributed by atoms with Crippen LogP contribution in [-0.4, -0.2) is 26.1 Å².